The fourth-order valence-electron chi connectivity index (χ4n) is 4.49. The Bertz CT molecular complexity index is 1150. The molecular weight excluding hydrogens is 462 g/mol. The van der Waals surface area contributed by atoms with Gasteiger partial charge in [-0.2, -0.15) is 0 Å². The molecule has 4 rings (SSSR count). The van der Waals surface area contributed by atoms with Crippen LogP contribution in [-0.2, 0) is 22.6 Å². The molecule has 0 aromatic heterocycles. The molecule has 0 unspecified atom stereocenters. The molecule has 1 fully saturated rings. The van der Waals surface area contributed by atoms with Crippen molar-refractivity contribution in [3.63, 3.8) is 0 Å². The van der Waals surface area contributed by atoms with Crippen LogP contribution in [0.25, 0.3) is 0 Å². The van der Waals surface area contributed by atoms with Gasteiger partial charge in [-0.15, -0.1) is 0 Å². The highest BCUT2D eigenvalue weighted by Gasteiger charge is 2.32. The van der Waals surface area contributed by atoms with Crippen molar-refractivity contribution in [3.8, 4) is 5.75 Å². The maximum absolute atomic E-state index is 14.6. The van der Waals surface area contributed by atoms with Crippen molar-refractivity contribution in [1.82, 2.24) is 10.2 Å². The summed E-state index contributed by atoms with van der Waals surface area (Å²) in [5.41, 5.74) is 1.19. The molecule has 2 amide bonds. The van der Waals surface area contributed by atoms with E-state index < -0.39 is 23.6 Å². The Hall–Kier alpha value is -3.74. The zero-order valence-electron chi connectivity index (χ0n) is 20.0. The Morgan fingerprint density at radius 3 is 2.28 bits per heavy atom. The van der Waals surface area contributed by atoms with Gasteiger partial charge in [-0.1, -0.05) is 61.4 Å². The van der Waals surface area contributed by atoms with E-state index in [1.807, 2.05) is 30.3 Å². The van der Waals surface area contributed by atoms with E-state index in [-0.39, 0.29) is 31.5 Å². The molecule has 1 aliphatic rings. The molecule has 5 nitrogen and oxygen atoms in total. The standard InChI is InChI=1S/C29H30F2N2O3/c30-23-14-16-25(17-15-23)36-20-28(34)33(19-22-10-4-7-13-26(22)31)27(18-21-8-2-1-3-9-21)29(35)32-24-11-5-6-12-24/h1-4,7-10,13-17,24,27H,5-6,11-12,18-20H2,(H,32,35)/t27-/m1/s1. The second-order valence-corrected chi connectivity index (χ2v) is 9.05. The predicted molar refractivity (Wildman–Crippen MR) is 133 cm³/mol. The number of nitrogens with zero attached hydrogens (tertiary/aromatic N) is 1. The molecule has 0 saturated heterocycles. The lowest BCUT2D eigenvalue weighted by Gasteiger charge is -2.32. The summed E-state index contributed by atoms with van der Waals surface area (Å²) in [6.07, 6.45) is 4.18. The van der Waals surface area contributed by atoms with Crippen LogP contribution in [0.5, 0.6) is 5.75 Å². The molecule has 0 aliphatic heterocycles. The average molecular weight is 493 g/mol. The van der Waals surface area contributed by atoms with Gasteiger partial charge in [0.25, 0.3) is 5.91 Å². The zero-order valence-corrected chi connectivity index (χ0v) is 20.0. The van der Waals surface area contributed by atoms with E-state index in [9.17, 15) is 18.4 Å². The number of carbonyl (C=O) groups is 2. The van der Waals surface area contributed by atoms with E-state index in [1.165, 1.54) is 35.2 Å². The van der Waals surface area contributed by atoms with Crippen molar-refractivity contribution >= 4 is 11.8 Å². The first-order valence-electron chi connectivity index (χ1n) is 12.2. The molecule has 7 heteroatoms. The fraction of sp³-hybridized carbons (Fsp3) is 0.310. The van der Waals surface area contributed by atoms with Crippen molar-refractivity contribution in [2.45, 2.75) is 50.7 Å². The first-order valence-corrected chi connectivity index (χ1v) is 12.2. The van der Waals surface area contributed by atoms with E-state index in [0.29, 0.717) is 11.3 Å². The number of amides is 2. The lowest BCUT2D eigenvalue weighted by atomic mass is 10.0. The van der Waals surface area contributed by atoms with Gasteiger partial charge < -0.3 is 15.0 Å². The van der Waals surface area contributed by atoms with Gasteiger partial charge in [-0.3, -0.25) is 9.59 Å². The average Bonchev–Trinajstić information content (AvgIpc) is 3.40. The quantitative estimate of drug-likeness (QED) is 0.431. The minimum atomic E-state index is -0.864. The van der Waals surface area contributed by atoms with Gasteiger partial charge in [-0.05, 0) is 48.7 Å². The molecule has 0 heterocycles. The largest absolute Gasteiger partial charge is 0.484 e. The minimum Gasteiger partial charge on any atom is -0.484 e. The molecule has 36 heavy (non-hydrogen) atoms. The number of hydrogen-bond acceptors (Lipinski definition) is 3. The summed E-state index contributed by atoms with van der Waals surface area (Å²) >= 11 is 0. The van der Waals surface area contributed by atoms with Crippen LogP contribution in [0.15, 0.2) is 78.9 Å². The maximum Gasteiger partial charge on any atom is 0.261 e. The van der Waals surface area contributed by atoms with Gasteiger partial charge in [-0.25, -0.2) is 8.78 Å². The van der Waals surface area contributed by atoms with Gasteiger partial charge >= 0.3 is 0 Å². The normalized spacial score (nSPS) is 14.3. The van der Waals surface area contributed by atoms with Crippen LogP contribution in [0.4, 0.5) is 8.78 Å². The molecule has 3 aromatic rings. The summed E-state index contributed by atoms with van der Waals surface area (Å²) in [5, 5.41) is 3.11. The number of halogens is 2. The summed E-state index contributed by atoms with van der Waals surface area (Å²) in [7, 11) is 0. The first kappa shape index (κ1) is 25.4. The monoisotopic (exact) mass is 492 g/mol. The third kappa shape index (κ3) is 6.90. The third-order valence-corrected chi connectivity index (χ3v) is 6.45. The highest BCUT2D eigenvalue weighted by molar-refractivity contribution is 5.88. The van der Waals surface area contributed by atoms with E-state index in [2.05, 4.69) is 5.32 Å². The Kier molecular flexibility index (Phi) is 8.66. The number of carbonyl (C=O) groups excluding carboxylic acids is 2. The third-order valence-electron chi connectivity index (χ3n) is 6.45. The summed E-state index contributed by atoms with van der Waals surface area (Å²) < 4.78 is 33.5. The van der Waals surface area contributed by atoms with Crippen molar-refractivity contribution in [1.29, 1.82) is 0 Å². The van der Waals surface area contributed by atoms with Crippen molar-refractivity contribution in [2.75, 3.05) is 6.61 Å². The van der Waals surface area contributed by atoms with Crippen LogP contribution in [0.2, 0.25) is 0 Å². The van der Waals surface area contributed by atoms with Crippen LogP contribution in [0, 0.1) is 11.6 Å². The Morgan fingerprint density at radius 2 is 1.58 bits per heavy atom. The lowest BCUT2D eigenvalue weighted by Crippen LogP contribution is -2.53. The summed E-state index contributed by atoms with van der Waals surface area (Å²) in [6.45, 7) is -0.462. The van der Waals surface area contributed by atoms with Crippen LogP contribution >= 0.6 is 0 Å². The van der Waals surface area contributed by atoms with Gasteiger partial charge in [0, 0.05) is 24.6 Å². The number of benzene rings is 3. The topological polar surface area (TPSA) is 58.6 Å². The molecule has 1 aliphatic carbocycles. The molecule has 0 spiro atoms. The predicted octanol–water partition coefficient (Wildman–Crippen LogP) is 5.04. The van der Waals surface area contributed by atoms with Crippen LogP contribution in [0.1, 0.15) is 36.8 Å². The highest BCUT2D eigenvalue weighted by Crippen LogP contribution is 2.21. The van der Waals surface area contributed by atoms with Crippen molar-refractivity contribution < 1.29 is 23.1 Å². The van der Waals surface area contributed by atoms with E-state index in [1.54, 1.807) is 18.2 Å². The number of rotatable bonds is 10. The van der Waals surface area contributed by atoms with E-state index in [4.69, 9.17) is 4.74 Å². The molecular formula is C29H30F2N2O3. The van der Waals surface area contributed by atoms with E-state index >= 15 is 0 Å². The zero-order chi connectivity index (χ0) is 25.3. The van der Waals surface area contributed by atoms with Crippen LogP contribution in [0.3, 0.4) is 0 Å². The SMILES string of the molecule is O=C(NC1CCCC1)[C@@H](Cc1ccccc1)N(Cc1ccccc1F)C(=O)COc1ccc(F)cc1. The molecule has 1 saturated carbocycles. The Labute approximate surface area is 210 Å². The Balaban J connectivity index is 1.61. The van der Waals surface area contributed by atoms with Gasteiger partial charge in [0.15, 0.2) is 6.61 Å². The second-order valence-electron chi connectivity index (χ2n) is 9.05. The maximum atomic E-state index is 14.6. The molecule has 3 aromatic carbocycles. The lowest BCUT2D eigenvalue weighted by molar-refractivity contribution is -0.143. The highest BCUT2D eigenvalue weighted by atomic mass is 19.1. The molecule has 0 bridgehead atoms. The van der Waals surface area contributed by atoms with Crippen molar-refractivity contribution in [2.24, 2.45) is 0 Å². The summed E-state index contributed by atoms with van der Waals surface area (Å²) in [4.78, 5) is 28.4. The number of hydrogen-bond donors (Lipinski definition) is 1. The second kappa shape index (κ2) is 12.3. The van der Waals surface area contributed by atoms with Gasteiger partial charge in [0.2, 0.25) is 5.91 Å². The molecule has 1 N–H and O–H groups in total. The van der Waals surface area contributed by atoms with Crippen LogP contribution in [-0.4, -0.2) is 35.4 Å². The smallest absolute Gasteiger partial charge is 0.261 e. The summed E-state index contributed by atoms with van der Waals surface area (Å²) in [5.74, 6) is -1.28. The molecule has 188 valence electrons. The summed E-state index contributed by atoms with van der Waals surface area (Å²) in [6, 6.07) is 20.2. The first-order chi connectivity index (χ1) is 17.5. The molecule has 0 radical (unpaired) electrons. The number of nitrogens with one attached hydrogen (secondary N) is 1. The Morgan fingerprint density at radius 1 is 0.917 bits per heavy atom. The molecule has 1 atom stereocenters. The van der Waals surface area contributed by atoms with Crippen molar-refractivity contribution in [3.05, 3.63) is 102 Å². The van der Waals surface area contributed by atoms with Gasteiger partial charge in [0.1, 0.15) is 23.4 Å². The van der Waals surface area contributed by atoms with Gasteiger partial charge in [0.05, 0.1) is 0 Å². The van der Waals surface area contributed by atoms with E-state index in [0.717, 1.165) is 31.2 Å². The minimum absolute atomic E-state index is 0.0663. The fourth-order valence-corrected chi connectivity index (χ4v) is 4.49. The van der Waals surface area contributed by atoms with Crippen LogP contribution < -0.4 is 10.1 Å². The number of ether oxygens (including phenoxy) is 1.